The fraction of sp³-hybridized carbons (Fsp3) is 0.714. The van der Waals surface area contributed by atoms with Crippen LogP contribution in [0.15, 0.2) is 10.6 Å². The number of oxazole rings is 1. The summed E-state index contributed by atoms with van der Waals surface area (Å²) in [6, 6.07) is -0.201. The molecule has 1 aromatic rings. The summed E-state index contributed by atoms with van der Waals surface area (Å²) in [5.74, 6) is 1.77. The minimum atomic E-state index is -0.201. The number of aromatic nitrogens is 1. The van der Waals surface area contributed by atoms with E-state index in [1.54, 1.807) is 6.20 Å². The van der Waals surface area contributed by atoms with Crippen molar-refractivity contribution in [3.63, 3.8) is 0 Å². The van der Waals surface area contributed by atoms with Gasteiger partial charge in [0.05, 0.1) is 19.3 Å². The smallest absolute Gasteiger partial charge is 0.315 e. The summed E-state index contributed by atoms with van der Waals surface area (Å²) < 4.78 is 10.9. The van der Waals surface area contributed by atoms with Crippen LogP contribution in [0.3, 0.4) is 0 Å². The van der Waals surface area contributed by atoms with Gasteiger partial charge in [0, 0.05) is 24.5 Å². The van der Waals surface area contributed by atoms with E-state index in [1.807, 2.05) is 0 Å². The zero-order valence-corrected chi connectivity index (χ0v) is 12.4. The molecule has 0 radical (unpaired) electrons. The topological polar surface area (TPSA) is 76.4 Å². The number of rotatable bonds is 4. The van der Waals surface area contributed by atoms with Crippen molar-refractivity contribution >= 4 is 6.03 Å². The minimum Gasteiger partial charge on any atom is -0.443 e. The van der Waals surface area contributed by atoms with Crippen LogP contribution >= 0.6 is 0 Å². The van der Waals surface area contributed by atoms with Gasteiger partial charge >= 0.3 is 6.03 Å². The van der Waals surface area contributed by atoms with Gasteiger partial charge in [-0.1, -0.05) is 20.8 Å². The number of hydrogen-bond acceptors (Lipinski definition) is 4. The lowest BCUT2D eigenvalue weighted by Crippen LogP contribution is -2.38. The molecule has 20 heavy (non-hydrogen) atoms. The number of carbonyl (C=O) groups is 1. The van der Waals surface area contributed by atoms with Crippen molar-refractivity contribution in [2.75, 3.05) is 19.8 Å². The number of nitrogens with one attached hydrogen (secondary N) is 2. The Kier molecular flexibility index (Phi) is 4.65. The van der Waals surface area contributed by atoms with Crippen molar-refractivity contribution in [3.8, 4) is 0 Å². The summed E-state index contributed by atoms with van der Waals surface area (Å²) in [5.41, 5.74) is -0.0734. The van der Waals surface area contributed by atoms with Crippen LogP contribution in [0.25, 0.3) is 0 Å². The van der Waals surface area contributed by atoms with Crippen molar-refractivity contribution in [2.45, 2.75) is 39.2 Å². The monoisotopic (exact) mass is 281 g/mol. The number of hydrogen-bond donors (Lipinski definition) is 2. The lowest BCUT2D eigenvalue weighted by molar-refractivity contribution is 0.185. The second kappa shape index (κ2) is 6.26. The number of amides is 2. The maximum atomic E-state index is 11.6. The zero-order chi connectivity index (χ0) is 14.6. The molecule has 0 bridgehead atoms. The quantitative estimate of drug-likeness (QED) is 0.882. The highest BCUT2D eigenvalue weighted by molar-refractivity contribution is 5.73. The Labute approximate surface area is 119 Å². The van der Waals surface area contributed by atoms with Crippen LogP contribution in [0.1, 0.15) is 38.8 Å². The third-order valence-corrected chi connectivity index (χ3v) is 3.27. The second-order valence-electron chi connectivity index (χ2n) is 6.16. The fourth-order valence-corrected chi connectivity index (χ4v) is 1.94. The van der Waals surface area contributed by atoms with Gasteiger partial charge in [0.15, 0.2) is 0 Å². The van der Waals surface area contributed by atoms with Gasteiger partial charge in [-0.25, -0.2) is 9.78 Å². The molecule has 2 amide bonds. The SMILES string of the molecule is CC(C)(C)c1cnc(CNC(=O)NC[C@H]2CCOC2)o1. The molecule has 2 rings (SSSR count). The van der Waals surface area contributed by atoms with E-state index in [4.69, 9.17) is 9.15 Å². The molecular formula is C14H23N3O3. The summed E-state index contributed by atoms with van der Waals surface area (Å²) in [4.78, 5) is 15.8. The van der Waals surface area contributed by atoms with Gasteiger partial charge < -0.3 is 19.8 Å². The van der Waals surface area contributed by atoms with Gasteiger partial charge in [0.25, 0.3) is 0 Å². The molecule has 1 saturated heterocycles. The van der Waals surface area contributed by atoms with Gasteiger partial charge in [0.1, 0.15) is 5.76 Å². The van der Waals surface area contributed by atoms with Gasteiger partial charge in [-0.2, -0.15) is 0 Å². The third-order valence-electron chi connectivity index (χ3n) is 3.27. The highest BCUT2D eigenvalue weighted by atomic mass is 16.5. The lowest BCUT2D eigenvalue weighted by Gasteiger charge is -2.13. The van der Waals surface area contributed by atoms with Crippen molar-refractivity contribution in [1.82, 2.24) is 15.6 Å². The van der Waals surface area contributed by atoms with Crippen molar-refractivity contribution in [3.05, 3.63) is 17.8 Å². The third kappa shape index (κ3) is 4.23. The van der Waals surface area contributed by atoms with Crippen LogP contribution in [0.5, 0.6) is 0 Å². The van der Waals surface area contributed by atoms with Crippen molar-refractivity contribution in [1.29, 1.82) is 0 Å². The Morgan fingerprint density at radius 3 is 2.85 bits per heavy atom. The molecule has 0 spiro atoms. The van der Waals surface area contributed by atoms with Crippen LogP contribution in [0, 0.1) is 5.92 Å². The Morgan fingerprint density at radius 1 is 1.45 bits per heavy atom. The van der Waals surface area contributed by atoms with E-state index in [1.165, 1.54) is 0 Å². The minimum absolute atomic E-state index is 0.0734. The summed E-state index contributed by atoms with van der Waals surface area (Å²) >= 11 is 0. The molecule has 1 aliphatic rings. The first-order valence-corrected chi connectivity index (χ1v) is 7.00. The Morgan fingerprint density at radius 2 is 2.25 bits per heavy atom. The Balaban J connectivity index is 1.71. The van der Waals surface area contributed by atoms with Crippen LogP contribution in [0.4, 0.5) is 4.79 Å². The molecule has 0 saturated carbocycles. The highest BCUT2D eigenvalue weighted by Gasteiger charge is 2.19. The van der Waals surface area contributed by atoms with E-state index in [9.17, 15) is 4.79 Å². The van der Waals surface area contributed by atoms with Gasteiger partial charge in [-0.15, -0.1) is 0 Å². The summed E-state index contributed by atoms with van der Waals surface area (Å²) in [5, 5.41) is 5.57. The van der Waals surface area contributed by atoms with E-state index in [0.29, 0.717) is 24.9 Å². The number of nitrogens with zero attached hydrogens (tertiary/aromatic N) is 1. The number of urea groups is 1. The standard InChI is InChI=1S/C14H23N3O3/c1-14(2,3)11-7-15-12(20-11)8-17-13(18)16-6-10-4-5-19-9-10/h7,10H,4-6,8-9H2,1-3H3,(H2,16,17,18)/t10-/m1/s1. The molecule has 2 heterocycles. The average molecular weight is 281 g/mol. The molecule has 6 heteroatoms. The zero-order valence-electron chi connectivity index (χ0n) is 12.4. The lowest BCUT2D eigenvalue weighted by atomic mass is 9.94. The number of ether oxygens (including phenoxy) is 1. The predicted octanol–water partition coefficient (Wildman–Crippen LogP) is 1.81. The van der Waals surface area contributed by atoms with Gasteiger partial charge in [-0.05, 0) is 6.42 Å². The van der Waals surface area contributed by atoms with Crippen molar-refractivity contribution in [2.24, 2.45) is 5.92 Å². The predicted molar refractivity (Wildman–Crippen MR) is 74.4 cm³/mol. The van der Waals surface area contributed by atoms with Crippen LogP contribution < -0.4 is 10.6 Å². The molecule has 1 fully saturated rings. The molecular weight excluding hydrogens is 258 g/mol. The van der Waals surface area contributed by atoms with Crippen LogP contribution in [0.2, 0.25) is 0 Å². The normalized spacial score (nSPS) is 19.1. The first kappa shape index (κ1) is 14.8. The van der Waals surface area contributed by atoms with E-state index < -0.39 is 0 Å². The van der Waals surface area contributed by atoms with Crippen LogP contribution in [-0.4, -0.2) is 30.8 Å². The fourth-order valence-electron chi connectivity index (χ4n) is 1.94. The molecule has 0 aromatic carbocycles. The average Bonchev–Trinajstić information content (AvgIpc) is 3.04. The summed E-state index contributed by atoms with van der Waals surface area (Å²) in [7, 11) is 0. The molecule has 1 atom stereocenters. The van der Waals surface area contributed by atoms with Gasteiger partial charge in [-0.3, -0.25) is 0 Å². The highest BCUT2D eigenvalue weighted by Crippen LogP contribution is 2.22. The second-order valence-corrected chi connectivity index (χ2v) is 6.16. The maximum absolute atomic E-state index is 11.6. The Hall–Kier alpha value is -1.56. The molecule has 0 unspecified atom stereocenters. The molecule has 1 aromatic heterocycles. The van der Waals surface area contributed by atoms with Crippen molar-refractivity contribution < 1.29 is 13.9 Å². The molecule has 6 nitrogen and oxygen atoms in total. The molecule has 2 N–H and O–H groups in total. The van der Waals surface area contributed by atoms with E-state index in [0.717, 1.165) is 25.4 Å². The summed E-state index contributed by atoms with van der Waals surface area (Å²) in [6.45, 7) is 8.63. The van der Waals surface area contributed by atoms with E-state index in [-0.39, 0.29) is 11.4 Å². The first-order chi connectivity index (χ1) is 9.45. The van der Waals surface area contributed by atoms with E-state index in [2.05, 4.69) is 36.4 Å². The van der Waals surface area contributed by atoms with E-state index >= 15 is 0 Å². The summed E-state index contributed by atoms with van der Waals surface area (Å²) in [6.07, 6.45) is 2.72. The molecule has 112 valence electrons. The maximum Gasteiger partial charge on any atom is 0.315 e. The first-order valence-electron chi connectivity index (χ1n) is 7.00. The molecule has 1 aliphatic heterocycles. The Bertz CT molecular complexity index is 445. The van der Waals surface area contributed by atoms with Gasteiger partial charge in [0.2, 0.25) is 5.89 Å². The van der Waals surface area contributed by atoms with Crippen LogP contribution in [-0.2, 0) is 16.7 Å². The largest absolute Gasteiger partial charge is 0.443 e. The number of carbonyl (C=O) groups excluding carboxylic acids is 1. The molecule has 0 aliphatic carbocycles.